The van der Waals surface area contributed by atoms with Gasteiger partial charge in [-0.2, -0.15) is 0 Å². The molecule has 19 heavy (non-hydrogen) atoms. The molecule has 1 saturated carbocycles. The number of aliphatic hydroxyl groups is 1. The van der Waals surface area contributed by atoms with Crippen LogP contribution < -0.4 is 0 Å². The molecule has 0 spiro atoms. The minimum atomic E-state index is -0.0909. The molecule has 3 atom stereocenters. The van der Waals surface area contributed by atoms with Gasteiger partial charge in [0, 0.05) is 4.88 Å². The quantitative estimate of drug-likeness (QED) is 0.900. The Labute approximate surface area is 121 Å². The van der Waals surface area contributed by atoms with E-state index in [1.807, 2.05) is 5.51 Å². The van der Waals surface area contributed by atoms with E-state index >= 15 is 0 Å². The Morgan fingerprint density at radius 3 is 2.68 bits per heavy atom. The first kappa shape index (κ1) is 15.0. The Kier molecular flexibility index (Phi) is 4.67. The van der Waals surface area contributed by atoms with Crippen LogP contribution >= 0.6 is 11.3 Å². The van der Waals surface area contributed by atoms with Crippen molar-refractivity contribution < 1.29 is 5.11 Å². The molecule has 1 aliphatic rings. The Morgan fingerprint density at radius 1 is 1.37 bits per heavy atom. The van der Waals surface area contributed by atoms with Crippen LogP contribution in [0.5, 0.6) is 0 Å². The van der Waals surface area contributed by atoms with Gasteiger partial charge in [0.25, 0.3) is 0 Å². The van der Waals surface area contributed by atoms with Crippen molar-refractivity contribution in [1.82, 2.24) is 4.98 Å². The molecule has 2 nitrogen and oxygen atoms in total. The van der Waals surface area contributed by atoms with Crippen LogP contribution in [0.4, 0.5) is 0 Å². The summed E-state index contributed by atoms with van der Waals surface area (Å²) in [6.45, 7) is 9.08. The molecular formula is C16H27NOS. The molecule has 0 bridgehead atoms. The van der Waals surface area contributed by atoms with Crippen molar-refractivity contribution >= 4 is 11.3 Å². The van der Waals surface area contributed by atoms with Gasteiger partial charge in [-0.3, -0.25) is 0 Å². The maximum atomic E-state index is 10.2. The van der Waals surface area contributed by atoms with Crippen molar-refractivity contribution in [2.24, 2.45) is 17.3 Å². The van der Waals surface area contributed by atoms with E-state index in [1.165, 1.54) is 23.4 Å². The highest BCUT2D eigenvalue weighted by molar-refractivity contribution is 7.09. The number of hydrogen-bond acceptors (Lipinski definition) is 3. The summed E-state index contributed by atoms with van der Waals surface area (Å²) in [5, 5.41) is 10.2. The third kappa shape index (κ3) is 3.79. The molecule has 1 aliphatic carbocycles. The normalized spacial score (nSPS) is 28.6. The number of aliphatic hydroxyl groups excluding tert-OH is 1. The zero-order valence-corrected chi connectivity index (χ0v) is 13.5. The Hall–Kier alpha value is -0.410. The largest absolute Gasteiger partial charge is 0.393 e. The third-order valence-electron chi connectivity index (χ3n) is 4.75. The molecule has 1 heterocycles. The third-order valence-corrected chi connectivity index (χ3v) is 5.75. The average molecular weight is 281 g/mol. The predicted molar refractivity (Wildman–Crippen MR) is 81.5 cm³/mol. The minimum Gasteiger partial charge on any atom is -0.393 e. The Balaban J connectivity index is 1.93. The van der Waals surface area contributed by atoms with E-state index in [4.69, 9.17) is 0 Å². The van der Waals surface area contributed by atoms with Gasteiger partial charge in [0.05, 0.1) is 17.3 Å². The second kappa shape index (κ2) is 5.92. The van der Waals surface area contributed by atoms with Crippen LogP contribution in [0.3, 0.4) is 0 Å². The number of nitrogens with zero attached hydrogens (tertiary/aromatic N) is 1. The monoisotopic (exact) mass is 281 g/mol. The fourth-order valence-electron chi connectivity index (χ4n) is 3.23. The molecule has 3 heteroatoms. The van der Waals surface area contributed by atoms with E-state index < -0.39 is 0 Å². The van der Waals surface area contributed by atoms with Crippen molar-refractivity contribution in [3.05, 3.63) is 16.1 Å². The smallest absolute Gasteiger partial charge is 0.0797 e. The summed E-state index contributed by atoms with van der Waals surface area (Å²) in [6.07, 6.45) is 5.44. The lowest BCUT2D eigenvalue weighted by atomic mass is 9.67. The summed E-state index contributed by atoms with van der Waals surface area (Å²) in [7, 11) is 0. The first-order valence-electron chi connectivity index (χ1n) is 7.45. The molecule has 0 amide bonds. The zero-order chi connectivity index (χ0) is 14.0. The average Bonchev–Trinajstić information content (AvgIpc) is 2.72. The van der Waals surface area contributed by atoms with Gasteiger partial charge >= 0.3 is 0 Å². The first-order valence-corrected chi connectivity index (χ1v) is 8.33. The van der Waals surface area contributed by atoms with Crippen LogP contribution in [0.15, 0.2) is 5.51 Å². The number of aromatic nitrogens is 1. The molecule has 3 unspecified atom stereocenters. The van der Waals surface area contributed by atoms with Crippen LogP contribution in [0.25, 0.3) is 0 Å². The fraction of sp³-hybridized carbons (Fsp3) is 0.812. The minimum absolute atomic E-state index is 0.0909. The lowest BCUT2D eigenvalue weighted by Gasteiger charge is -2.40. The maximum Gasteiger partial charge on any atom is 0.0797 e. The van der Waals surface area contributed by atoms with Gasteiger partial charge in [-0.05, 0) is 56.3 Å². The van der Waals surface area contributed by atoms with Gasteiger partial charge < -0.3 is 5.11 Å². The summed E-state index contributed by atoms with van der Waals surface area (Å²) in [5.74, 6) is 1.22. The molecule has 1 aromatic rings. The van der Waals surface area contributed by atoms with Crippen LogP contribution in [-0.2, 0) is 6.42 Å². The zero-order valence-electron chi connectivity index (χ0n) is 12.6. The summed E-state index contributed by atoms with van der Waals surface area (Å²) >= 11 is 1.75. The van der Waals surface area contributed by atoms with E-state index in [9.17, 15) is 5.11 Å². The molecule has 0 aromatic carbocycles. The second-order valence-corrected chi connectivity index (χ2v) is 8.04. The van der Waals surface area contributed by atoms with Crippen molar-refractivity contribution in [2.75, 3.05) is 0 Å². The van der Waals surface area contributed by atoms with Gasteiger partial charge in [-0.1, -0.05) is 20.8 Å². The maximum absolute atomic E-state index is 10.2. The predicted octanol–water partition coefficient (Wildman–Crippen LogP) is 4.21. The van der Waals surface area contributed by atoms with Crippen LogP contribution in [-0.4, -0.2) is 16.2 Å². The molecule has 1 N–H and O–H groups in total. The highest BCUT2D eigenvalue weighted by Gasteiger charge is 2.34. The molecule has 2 rings (SSSR count). The van der Waals surface area contributed by atoms with Gasteiger partial charge in [-0.15, -0.1) is 11.3 Å². The van der Waals surface area contributed by atoms with Crippen LogP contribution in [0, 0.1) is 24.2 Å². The molecule has 1 aromatic heterocycles. The molecule has 108 valence electrons. The van der Waals surface area contributed by atoms with Crippen LogP contribution in [0.1, 0.15) is 57.0 Å². The van der Waals surface area contributed by atoms with Gasteiger partial charge in [0.1, 0.15) is 0 Å². The van der Waals surface area contributed by atoms with Crippen LogP contribution in [0.2, 0.25) is 0 Å². The highest BCUT2D eigenvalue weighted by Crippen LogP contribution is 2.41. The van der Waals surface area contributed by atoms with E-state index in [0.717, 1.165) is 25.2 Å². The van der Waals surface area contributed by atoms with Gasteiger partial charge in [0.15, 0.2) is 0 Å². The number of rotatable bonds is 3. The van der Waals surface area contributed by atoms with E-state index in [1.54, 1.807) is 11.3 Å². The first-order chi connectivity index (χ1) is 8.88. The Morgan fingerprint density at radius 2 is 2.11 bits per heavy atom. The molecule has 0 radical (unpaired) electrons. The van der Waals surface area contributed by atoms with E-state index in [0.29, 0.717) is 11.3 Å². The summed E-state index contributed by atoms with van der Waals surface area (Å²) < 4.78 is 0. The topological polar surface area (TPSA) is 33.1 Å². The lowest BCUT2D eigenvalue weighted by Crippen LogP contribution is -2.34. The molecule has 0 aliphatic heterocycles. The number of hydrogen-bond donors (Lipinski definition) is 1. The van der Waals surface area contributed by atoms with E-state index in [-0.39, 0.29) is 6.10 Å². The molecule has 1 fully saturated rings. The SMILES string of the molecule is Cc1ncsc1CCC1CC(C(C)(C)C)CCC1O. The van der Waals surface area contributed by atoms with Gasteiger partial charge in [-0.25, -0.2) is 4.98 Å². The fourth-order valence-corrected chi connectivity index (χ4v) is 4.02. The highest BCUT2D eigenvalue weighted by atomic mass is 32.1. The van der Waals surface area contributed by atoms with Crippen molar-refractivity contribution in [2.45, 2.75) is 65.9 Å². The lowest BCUT2D eigenvalue weighted by molar-refractivity contribution is 0.0161. The number of aryl methyl sites for hydroxylation is 2. The number of thiazole rings is 1. The van der Waals surface area contributed by atoms with E-state index in [2.05, 4.69) is 32.7 Å². The summed E-state index contributed by atoms with van der Waals surface area (Å²) in [4.78, 5) is 5.70. The standard InChI is InChI=1S/C16H27NOS/c1-11-15(19-10-17-11)8-5-12-9-13(16(2,3)4)6-7-14(12)18/h10,12-14,18H,5-9H2,1-4H3. The van der Waals surface area contributed by atoms with Gasteiger partial charge in [0.2, 0.25) is 0 Å². The molecule has 0 saturated heterocycles. The Bertz CT molecular complexity index is 407. The van der Waals surface area contributed by atoms with Crippen molar-refractivity contribution in [1.29, 1.82) is 0 Å². The molecular weight excluding hydrogens is 254 g/mol. The summed E-state index contributed by atoms with van der Waals surface area (Å²) in [6, 6.07) is 0. The van der Waals surface area contributed by atoms with Crippen molar-refractivity contribution in [3.8, 4) is 0 Å². The van der Waals surface area contributed by atoms with Crippen molar-refractivity contribution in [3.63, 3.8) is 0 Å². The second-order valence-electron chi connectivity index (χ2n) is 7.10. The summed E-state index contributed by atoms with van der Waals surface area (Å²) in [5.41, 5.74) is 3.47.